The van der Waals surface area contributed by atoms with Gasteiger partial charge in [-0.1, -0.05) is 12.1 Å². The van der Waals surface area contributed by atoms with E-state index in [-0.39, 0.29) is 5.69 Å². The summed E-state index contributed by atoms with van der Waals surface area (Å²) in [5.74, 6) is -1.56. The Hall–Kier alpha value is -3.28. The molecule has 0 aliphatic heterocycles. The molecule has 1 heterocycles. The summed E-state index contributed by atoms with van der Waals surface area (Å²) in [6.45, 7) is 3.95. The van der Waals surface area contributed by atoms with Crippen LogP contribution in [-0.2, 0) is 0 Å². The fourth-order valence-electron chi connectivity index (χ4n) is 2.43. The van der Waals surface area contributed by atoms with Crippen LogP contribution in [-0.4, -0.2) is 10.9 Å². The summed E-state index contributed by atoms with van der Waals surface area (Å²) in [5.41, 5.74) is 3.24. The fourth-order valence-corrected chi connectivity index (χ4v) is 2.43. The van der Waals surface area contributed by atoms with Crippen molar-refractivity contribution in [3.8, 4) is 0 Å². The van der Waals surface area contributed by atoms with Crippen molar-refractivity contribution in [3.05, 3.63) is 83.1 Å². The minimum Gasteiger partial charge on any atom is -0.340 e. The second-order valence-corrected chi connectivity index (χ2v) is 5.95. The van der Waals surface area contributed by atoms with Crippen molar-refractivity contribution in [2.45, 2.75) is 13.8 Å². The van der Waals surface area contributed by atoms with Crippen LogP contribution in [0.4, 0.5) is 26.0 Å². The van der Waals surface area contributed by atoms with E-state index in [4.69, 9.17) is 0 Å². The number of aryl methyl sites for hydroxylation is 2. The maximum atomic E-state index is 13.7. The second kappa shape index (κ2) is 7.31. The first kappa shape index (κ1) is 17.5. The Morgan fingerprint density at radius 2 is 1.77 bits per heavy atom. The lowest BCUT2D eigenvalue weighted by Crippen LogP contribution is -2.13. The molecule has 4 nitrogen and oxygen atoms in total. The zero-order chi connectivity index (χ0) is 18.7. The van der Waals surface area contributed by atoms with E-state index in [9.17, 15) is 13.6 Å². The lowest BCUT2D eigenvalue weighted by Gasteiger charge is -2.11. The van der Waals surface area contributed by atoms with Gasteiger partial charge in [0.2, 0.25) is 0 Å². The predicted molar refractivity (Wildman–Crippen MR) is 97.7 cm³/mol. The van der Waals surface area contributed by atoms with E-state index in [2.05, 4.69) is 15.6 Å². The molecule has 1 aromatic heterocycles. The van der Waals surface area contributed by atoms with Crippen LogP contribution in [0.3, 0.4) is 0 Å². The van der Waals surface area contributed by atoms with Gasteiger partial charge in [0.15, 0.2) is 0 Å². The number of carbonyl (C=O) groups is 1. The van der Waals surface area contributed by atoms with E-state index in [0.29, 0.717) is 11.4 Å². The van der Waals surface area contributed by atoms with E-state index in [0.717, 1.165) is 28.9 Å². The molecule has 0 atom stereocenters. The Bertz CT molecular complexity index is 973. The zero-order valence-corrected chi connectivity index (χ0v) is 14.3. The number of aromatic nitrogens is 1. The SMILES string of the molecule is Cc1ccc(C)c(Nc2cc(C(=O)Nc3ccc(F)cc3F)ccn2)c1. The van der Waals surface area contributed by atoms with Gasteiger partial charge in [0.05, 0.1) is 5.69 Å². The fraction of sp³-hybridized carbons (Fsp3) is 0.100. The van der Waals surface area contributed by atoms with Gasteiger partial charge in [0.1, 0.15) is 17.5 Å². The Morgan fingerprint density at radius 3 is 2.54 bits per heavy atom. The van der Waals surface area contributed by atoms with Gasteiger partial charge in [-0.3, -0.25) is 4.79 Å². The normalized spacial score (nSPS) is 10.5. The third-order valence-corrected chi connectivity index (χ3v) is 3.86. The molecule has 0 bridgehead atoms. The minimum atomic E-state index is -0.832. The van der Waals surface area contributed by atoms with Crippen molar-refractivity contribution in [2.24, 2.45) is 0 Å². The molecule has 2 N–H and O–H groups in total. The summed E-state index contributed by atoms with van der Waals surface area (Å²) in [5, 5.41) is 5.61. The first-order valence-electron chi connectivity index (χ1n) is 7.99. The van der Waals surface area contributed by atoms with Crippen molar-refractivity contribution in [3.63, 3.8) is 0 Å². The van der Waals surface area contributed by atoms with Crippen molar-refractivity contribution in [2.75, 3.05) is 10.6 Å². The van der Waals surface area contributed by atoms with Gasteiger partial charge >= 0.3 is 0 Å². The van der Waals surface area contributed by atoms with Crippen molar-refractivity contribution < 1.29 is 13.6 Å². The number of nitrogens with zero attached hydrogens (tertiary/aromatic N) is 1. The number of rotatable bonds is 4. The molecular formula is C20H17F2N3O. The number of anilines is 3. The van der Waals surface area contributed by atoms with Crippen LogP contribution in [0.15, 0.2) is 54.7 Å². The monoisotopic (exact) mass is 353 g/mol. The topological polar surface area (TPSA) is 54.0 Å². The van der Waals surface area contributed by atoms with Crippen LogP contribution in [0.5, 0.6) is 0 Å². The van der Waals surface area contributed by atoms with Gasteiger partial charge in [-0.25, -0.2) is 13.8 Å². The first-order chi connectivity index (χ1) is 12.4. The Morgan fingerprint density at radius 1 is 0.962 bits per heavy atom. The van der Waals surface area contributed by atoms with Crippen LogP contribution in [0.2, 0.25) is 0 Å². The maximum absolute atomic E-state index is 13.7. The average Bonchev–Trinajstić information content (AvgIpc) is 2.61. The highest BCUT2D eigenvalue weighted by Gasteiger charge is 2.11. The van der Waals surface area contributed by atoms with Crippen LogP contribution in [0.1, 0.15) is 21.5 Å². The van der Waals surface area contributed by atoms with Crippen LogP contribution < -0.4 is 10.6 Å². The van der Waals surface area contributed by atoms with E-state index < -0.39 is 17.5 Å². The molecule has 0 fully saturated rings. The standard InChI is InChI=1S/C20H17F2N3O/c1-12-3-4-13(2)18(9-12)24-19-10-14(7-8-23-19)20(26)25-17-6-5-15(21)11-16(17)22/h3-11H,1-2H3,(H,23,24)(H,25,26). The molecule has 26 heavy (non-hydrogen) atoms. The molecule has 1 amide bonds. The summed E-state index contributed by atoms with van der Waals surface area (Å²) in [6.07, 6.45) is 1.49. The van der Waals surface area contributed by atoms with E-state index in [1.165, 1.54) is 18.3 Å². The molecule has 6 heteroatoms. The van der Waals surface area contributed by atoms with Gasteiger partial charge in [0.25, 0.3) is 5.91 Å². The van der Waals surface area contributed by atoms with E-state index in [1.54, 1.807) is 6.07 Å². The van der Waals surface area contributed by atoms with E-state index in [1.807, 2.05) is 32.0 Å². The Kier molecular flexibility index (Phi) is 4.93. The number of pyridine rings is 1. The molecule has 3 aromatic rings. The summed E-state index contributed by atoms with van der Waals surface area (Å²) in [6, 6.07) is 12.1. The Labute approximate surface area is 149 Å². The van der Waals surface area contributed by atoms with Crippen molar-refractivity contribution in [1.29, 1.82) is 0 Å². The largest absolute Gasteiger partial charge is 0.340 e. The number of carbonyl (C=O) groups excluding carboxylic acids is 1. The number of hydrogen-bond acceptors (Lipinski definition) is 3. The van der Waals surface area contributed by atoms with Gasteiger partial charge in [-0.05, 0) is 55.3 Å². The number of halogens is 2. The molecule has 132 valence electrons. The summed E-state index contributed by atoms with van der Waals surface area (Å²) < 4.78 is 26.7. The number of benzene rings is 2. The van der Waals surface area contributed by atoms with Gasteiger partial charge in [-0.2, -0.15) is 0 Å². The van der Waals surface area contributed by atoms with E-state index >= 15 is 0 Å². The third-order valence-electron chi connectivity index (χ3n) is 3.86. The molecule has 0 spiro atoms. The molecule has 0 aliphatic rings. The second-order valence-electron chi connectivity index (χ2n) is 5.95. The first-order valence-corrected chi connectivity index (χ1v) is 7.99. The average molecular weight is 353 g/mol. The molecule has 0 saturated heterocycles. The molecule has 0 saturated carbocycles. The number of nitrogens with one attached hydrogen (secondary N) is 2. The molecule has 0 aliphatic carbocycles. The maximum Gasteiger partial charge on any atom is 0.255 e. The van der Waals surface area contributed by atoms with Crippen LogP contribution >= 0.6 is 0 Å². The summed E-state index contributed by atoms with van der Waals surface area (Å²) in [4.78, 5) is 16.6. The Balaban J connectivity index is 1.80. The summed E-state index contributed by atoms with van der Waals surface area (Å²) in [7, 11) is 0. The lowest BCUT2D eigenvalue weighted by molar-refractivity contribution is 0.102. The number of hydrogen-bond donors (Lipinski definition) is 2. The molecule has 2 aromatic carbocycles. The van der Waals surface area contributed by atoms with Gasteiger partial charge in [-0.15, -0.1) is 0 Å². The van der Waals surface area contributed by atoms with Crippen molar-refractivity contribution in [1.82, 2.24) is 4.98 Å². The highest BCUT2D eigenvalue weighted by atomic mass is 19.1. The smallest absolute Gasteiger partial charge is 0.255 e. The van der Waals surface area contributed by atoms with Crippen LogP contribution in [0.25, 0.3) is 0 Å². The van der Waals surface area contributed by atoms with Gasteiger partial charge in [0, 0.05) is 23.5 Å². The summed E-state index contributed by atoms with van der Waals surface area (Å²) >= 11 is 0. The molecule has 0 unspecified atom stereocenters. The predicted octanol–water partition coefficient (Wildman–Crippen LogP) is 4.97. The molecule has 3 rings (SSSR count). The minimum absolute atomic E-state index is 0.0859. The van der Waals surface area contributed by atoms with Crippen LogP contribution in [0, 0.1) is 25.5 Å². The van der Waals surface area contributed by atoms with Gasteiger partial charge < -0.3 is 10.6 Å². The lowest BCUT2D eigenvalue weighted by atomic mass is 10.1. The molecular weight excluding hydrogens is 336 g/mol. The zero-order valence-electron chi connectivity index (χ0n) is 14.3. The molecule has 0 radical (unpaired) electrons. The highest BCUT2D eigenvalue weighted by Crippen LogP contribution is 2.22. The highest BCUT2D eigenvalue weighted by molar-refractivity contribution is 6.04. The third kappa shape index (κ3) is 4.03. The number of amides is 1. The quantitative estimate of drug-likeness (QED) is 0.696. The van der Waals surface area contributed by atoms with Crippen molar-refractivity contribution >= 4 is 23.1 Å².